The Morgan fingerprint density at radius 2 is 1.39 bits per heavy atom. The Kier molecular flexibility index (Phi) is 3.20. The molecule has 18 heavy (non-hydrogen) atoms. The number of rotatable bonds is 1. The minimum atomic E-state index is -5.28. The number of carbonyl (C=O) groups is 1. The summed E-state index contributed by atoms with van der Waals surface area (Å²) in [7, 11) is 0. The first-order valence-corrected chi connectivity index (χ1v) is 4.19. The van der Waals surface area contributed by atoms with E-state index in [1.54, 1.807) is 0 Å². The highest BCUT2D eigenvalue weighted by Gasteiger charge is 2.41. The molecule has 0 aliphatic heterocycles. The zero-order valence-corrected chi connectivity index (χ0v) is 8.23. The first kappa shape index (κ1) is 14.1. The summed E-state index contributed by atoms with van der Waals surface area (Å²) in [5.41, 5.74) is -5.37. The molecule has 2 N–H and O–H groups in total. The van der Waals surface area contributed by atoms with Gasteiger partial charge < -0.3 is 10.2 Å². The molecule has 0 fully saturated rings. The highest BCUT2D eigenvalue weighted by Crippen LogP contribution is 2.41. The van der Waals surface area contributed by atoms with Crippen LogP contribution in [0, 0.1) is 0 Å². The number of benzene rings is 1. The molecule has 3 nitrogen and oxygen atoms in total. The summed E-state index contributed by atoms with van der Waals surface area (Å²) < 4.78 is 74.0. The van der Waals surface area contributed by atoms with Gasteiger partial charge in [0.25, 0.3) is 0 Å². The van der Waals surface area contributed by atoms with Gasteiger partial charge in [0.05, 0.1) is 16.7 Å². The summed E-state index contributed by atoms with van der Waals surface area (Å²) in [6.45, 7) is 0. The summed E-state index contributed by atoms with van der Waals surface area (Å²) in [4.78, 5) is 10.5. The van der Waals surface area contributed by atoms with E-state index in [0.717, 1.165) is 0 Å². The molecule has 0 amide bonds. The second-order valence-corrected chi connectivity index (χ2v) is 3.22. The van der Waals surface area contributed by atoms with Gasteiger partial charge in [0.1, 0.15) is 5.75 Å². The Bertz CT molecular complexity index is 488. The van der Waals surface area contributed by atoms with Crippen LogP contribution in [0.3, 0.4) is 0 Å². The molecule has 0 aliphatic rings. The van der Waals surface area contributed by atoms with Crippen molar-refractivity contribution in [3.63, 3.8) is 0 Å². The van der Waals surface area contributed by atoms with Gasteiger partial charge in [0.2, 0.25) is 0 Å². The molecule has 1 aromatic rings. The summed E-state index contributed by atoms with van der Waals surface area (Å²) >= 11 is 0. The lowest BCUT2D eigenvalue weighted by molar-refractivity contribution is -0.144. The summed E-state index contributed by atoms with van der Waals surface area (Å²) in [5.74, 6) is -3.67. The van der Waals surface area contributed by atoms with Crippen molar-refractivity contribution in [1.82, 2.24) is 0 Å². The van der Waals surface area contributed by atoms with Crippen LogP contribution in [-0.4, -0.2) is 16.2 Å². The highest BCUT2D eigenvalue weighted by molar-refractivity contribution is 5.90. The van der Waals surface area contributed by atoms with Gasteiger partial charge in [-0.15, -0.1) is 0 Å². The van der Waals surface area contributed by atoms with E-state index >= 15 is 0 Å². The van der Waals surface area contributed by atoms with Crippen LogP contribution < -0.4 is 0 Å². The minimum absolute atomic E-state index is 0.0754. The minimum Gasteiger partial charge on any atom is -0.507 e. The standard InChI is InChI=1S/C9H4F6O3/c10-8(11,12)4-2-5(9(13,14)15)6(16)1-3(4)7(17)18/h1-2,16H,(H,17,18). The van der Waals surface area contributed by atoms with Gasteiger partial charge in [0.15, 0.2) is 0 Å². The molecular formula is C9H4F6O3. The molecule has 0 unspecified atom stereocenters. The molecule has 0 saturated carbocycles. The molecular weight excluding hydrogens is 270 g/mol. The van der Waals surface area contributed by atoms with Crippen molar-refractivity contribution < 1.29 is 41.4 Å². The van der Waals surface area contributed by atoms with E-state index < -0.39 is 46.8 Å². The number of carboxylic acid groups (broad SMARTS) is 1. The maximum absolute atomic E-state index is 12.4. The predicted octanol–water partition coefficient (Wildman–Crippen LogP) is 3.13. The van der Waals surface area contributed by atoms with E-state index in [4.69, 9.17) is 10.2 Å². The fourth-order valence-corrected chi connectivity index (χ4v) is 1.23. The van der Waals surface area contributed by atoms with Crippen molar-refractivity contribution in [1.29, 1.82) is 0 Å². The number of halogens is 6. The van der Waals surface area contributed by atoms with E-state index in [-0.39, 0.29) is 6.07 Å². The van der Waals surface area contributed by atoms with Gasteiger partial charge in [-0.05, 0) is 12.1 Å². The molecule has 0 atom stereocenters. The maximum Gasteiger partial charge on any atom is 0.419 e. The second-order valence-electron chi connectivity index (χ2n) is 3.22. The molecule has 0 bridgehead atoms. The number of aromatic carboxylic acids is 1. The van der Waals surface area contributed by atoms with Crippen LogP contribution in [0.5, 0.6) is 5.75 Å². The Morgan fingerprint density at radius 1 is 0.944 bits per heavy atom. The van der Waals surface area contributed by atoms with Gasteiger partial charge in [-0.25, -0.2) is 4.79 Å². The maximum atomic E-state index is 12.4. The summed E-state index contributed by atoms with van der Waals surface area (Å²) in [6, 6.07) is -0.507. The molecule has 1 aromatic carbocycles. The molecule has 100 valence electrons. The van der Waals surface area contributed by atoms with Crippen molar-refractivity contribution in [2.24, 2.45) is 0 Å². The quantitative estimate of drug-likeness (QED) is 0.773. The van der Waals surface area contributed by atoms with E-state index in [0.29, 0.717) is 0 Å². The fraction of sp³-hybridized carbons (Fsp3) is 0.222. The van der Waals surface area contributed by atoms with Crippen LogP contribution in [-0.2, 0) is 12.4 Å². The lowest BCUT2D eigenvalue weighted by Gasteiger charge is -2.15. The molecule has 0 heterocycles. The van der Waals surface area contributed by atoms with Crippen LogP contribution in [0.15, 0.2) is 12.1 Å². The number of hydrogen-bond donors (Lipinski definition) is 2. The average molecular weight is 274 g/mol. The van der Waals surface area contributed by atoms with E-state index in [1.165, 1.54) is 0 Å². The average Bonchev–Trinajstić information content (AvgIpc) is 2.12. The van der Waals surface area contributed by atoms with Crippen LogP contribution in [0.25, 0.3) is 0 Å². The largest absolute Gasteiger partial charge is 0.507 e. The van der Waals surface area contributed by atoms with Crippen LogP contribution in [0.1, 0.15) is 21.5 Å². The van der Waals surface area contributed by atoms with E-state index in [2.05, 4.69) is 0 Å². The normalized spacial score (nSPS) is 12.6. The third kappa shape index (κ3) is 2.66. The number of phenols is 1. The topological polar surface area (TPSA) is 57.5 Å². The van der Waals surface area contributed by atoms with Crippen molar-refractivity contribution in [3.8, 4) is 5.75 Å². The molecule has 0 spiro atoms. The molecule has 0 aromatic heterocycles. The lowest BCUT2D eigenvalue weighted by atomic mass is 10.0. The van der Waals surface area contributed by atoms with Crippen LogP contribution in [0.2, 0.25) is 0 Å². The molecule has 0 radical (unpaired) electrons. The van der Waals surface area contributed by atoms with Crippen LogP contribution >= 0.6 is 0 Å². The first-order valence-electron chi connectivity index (χ1n) is 4.19. The third-order valence-corrected chi connectivity index (χ3v) is 1.98. The Morgan fingerprint density at radius 3 is 1.72 bits per heavy atom. The number of aromatic hydroxyl groups is 1. The predicted molar refractivity (Wildman–Crippen MR) is 45.1 cm³/mol. The van der Waals surface area contributed by atoms with E-state index in [9.17, 15) is 31.1 Å². The molecule has 0 saturated heterocycles. The number of carboxylic acids is 1. The van der Waals surface area contributed by atoms with Crippen molar-refractivity contribution >= 4 is 5.97 Å². The number of hydrogen-bond acceptors (Lipinski definition) is 2. The van der Waals surface area contributed by atoms with Gasteiger partial charge >= 0.3 is 18.3 Å². The van der Waals surface area contributed by atoms with Gasteiger partial charge in [-0.3, -0.25) is 0 Å². The monoisotopic (exact) mass is 274 g/mol. The van der Waals surface area contributed by atoms with E-state index in [1.807, 2.05) is 0 Å². The summed E-state index contributed by atoms with van der Waals surface area (Å²) in [5, 5.41) is 17.4. The molecule has 1 rings (SSSR count). The Hall–Kier alpha value is -1.93. The first-order chi connectivity index (χ1) is 7.94. The highest BCUT2D eigenvalue weighted by atomic mass is 19.4. The molecule has 9 heteroatoms. The third-order valence-electron chi connectivity index (χ3n) is 1.98. The van der Waals surface area contributed by atoms with Gasteiger partial charge in [0, 0.05) is 0 Å². The van der Waals surface area contributed by atoms with Crippen molar-refractivity contribution in [2.45, 2.75) is 12.4 Å². The number of alkyl halides is 6. The lowest BCUT2D eigenvalue weighted by Crippen LogP contribution is -2.16. The summed E-state index contributed by atoms with van der Waals surface area (Å²) in [6.07, 6.45) is -10.5. The fourth-order valence-electron chi connectivity index (χ4n) is 1.23. The SMILES string of the molecule is O=C(O)c1cc(O)c(C(F)(F)F)cc1C(F)(F)F. The van der Waals surface area contributed by atoms with Crippen molar-refractivity contribution in [3.05, 3.63) is 28.8 Å². The Labute approximate surface area is 95.3 Å². The van der Waals surface area contributed by atoms with Crippen LogP contribution in [0.4, 0.5) is 26.3 Å². The van der Waals surface area contributed by atoms with Crippen molar-refractivity contribution in [2.75, 3.05) is 0 Å². The molecule has 0 aliphatic carbocycles. The van der Waals surface area contributed by atoms with Gasteiger partial charge in [-0.1, -0.05) is 0 Å². The number of phenolic OH excluding ortho intramolecular Hbond substituents is 1. The Balaban J connectivity index is 3.62. The smallest absolute Gasteiger partial charge is 0.419 e. The zero-order chi connectivity index (χ0) is 14.3. The zero-order valence-electron chi connectivity index (χ0n) is 8.23. The van der Waals surface area contributed by atoms with Gasteiger partial charge in [-0.2, -0.15) is 26.3 Å². The second kappa shape index (κ2) is 4.07.